The van der Waals surface area contributed by atoms with E-state index in [9.17, 15) is 0 Å². The van der Waals surface area contributed by atoms with Crippen LogP contribution in [-0.2, 0) is 6.54 Å². The Morgan fingerprint density at radius 1 is 1.53 bits per heavy atom. The molecule has 0 aliphatic carbocycles. The van der Waals surface area contributed by atoms with Gasteiger partial charge >= 0.3 is 0 Å². The van der Waals surface area contributed by atoms with E-state index in [0.29, 0.717) is 5.11 Å². The summed E-state index contributed by atoms with van der Waals surface area (Å²) in [6.45, 7) is 4.46. The third-order valence-electron chi connectivity index (χ3n) is 2.04. The number of imidazole rings is 1. The molecule has 0 amide bonds. The summed E-state index contributed by atoms with van der Waals surface area (Å²) in [4.78, 5) is 7.23. The van der Waals surface area contributed by atoms with Gasteiger partial charge in [-0.2, -0.15) is 0 Å². The molecule has 0 bridgehead atoms. The van der Waals surface area contributed by atoms with Crippen molar-refractivity contribution in [3.8, 4) is 0 Å². The van der Waals surface area contributed by atoms with Crippen LogP contribution in [0.3, 0.4) is 0 Å². The Kier molecular flexibility index (Phi) is 5.06. The highest BCUT2D eigenvalue weighted by Gasteiger charge is 1.98. The number of aromatic nitrogens is 2. The first-order valence-electron chi connectivity index (χ1n) is 4.89. The molecule has 0 fully saturated rings. The first-order chi connectivity index (χ1) is 7.24. The zero-order chi connectivity index (χ0) is 11.1. The van der Waals surface area contributed by atoms with Gasteiger partial charge in [0.25, 0.3) is 0 Å². The van der Waals surface area contributed by atoms with Crippen molar-refractivity contribution in [2.75, 3.05) is 20.1 Å². The van der Waals surface area contributed by atoms with Crippen molar-refractivity contribution in [2.24, 2.45) is 0 Å². The van der Waals surface area contributed by atoms with Crippen molar-refractivity contribution in [3.05, 3.63) is 17.7 Å². The van der Waals surface area contributed by atoms with Crippen LogP contribution in [0.1, 0.15) is 11.4 Å². The standard InChI is InChI=1S/C9H17N5S/c1-7-8(14-6-13-7)5-11-3-4-12-9(15)10-2/h6,11H,3-5H2,1-2H3,(H,13,14)(H2,10,12,15). The second kappa shape index (κ2) is 6.36. The van der Waals surface area contributed by atoms with Crippen molar-refractivity contribution in [1.82, 2.24) is 25.9 Å². The molecule has 1 aromatic rings. The van der Waals surface area contributed by atoms with Gasteiger partial charge in [-0.1, -0.05) is 0 Å². The average molecular weight is 227 g/mol. The van der Waals surface area contributed by atoms with E-state index in [1.165, 1.54) is 0 Å². The van der Waals surface area contributed by atoms with E-state index in [1.54, 1.807) is 13.4 Å². The van der Waals surface area contributed by atoms with E-state index in [4.69, 9.17) is 12.2 Å². The van der Waals surface area contributed by atoms with Crippen LogP contribution >= 0.6 is 12.2 Å². The number of hydrogen-bond donors (Lipinski definition) is 4. The molecule has 0 aliphatic rings. The smallest absolute Gasteiger partial charge is 0.166 e. The summed E-state index contributed by atoms with van der Waals surface area (Å²) < 4.78 is 0. The fraction of sp³-hybridized carbons (Fsp3) is 0.556. The van der Waals surface area contributed by atoms with E-state index in [0.717, 1.165) is 31.0 Å². The van der Waals surface area contributed by atoms with Gasteiger partial charge in [0.1, 0.15) is 0 Å². The number of aromatic amines is 1. The van der Waals surface area contributed by atoms with Crippen LogP contribution in [0.15, 0.2) is 6.33 Å². The summed E-state index contributed by atoms with van der Waals surface area (Å²) in [5.74, 6) is 0. The van der Waals surface area contributed by atoms with Gasteiger partial charge < -0.3 is 20.9 Å². The third kappa shape index (κ3) is 4.26. The monoisotopic (exact) mass is 227 g/mol. The normalized spacial score (nSPS) is 10.0. The summed E-state index contributed by atoms with van der Waals surface area (Å²) in [7, 11) is 1.80. The largest absolute Gasteiger partial charge is 0.366 e. The molecule has 84 valence electrons. The fourth-order valence-corrected chi connectivity index (χ4v) is 1.23. The predicted molar refractivity (Wildman–Crippen MR) is 64.7 cm³/mol. The maximum Gasteiger partial charge on any atom is 0.166 e. The van der Waals surface area contributed by atoms with E-state index < -0.39 is 0 Å². The van der Waals surface area contributed by atoms with Crippen LogP contribution in [0.2, 0.25) is 0 Å². The fourth-order valence-electron chi connectivity index (χ4n) is 1.12. The van der Waals surface area contributed by atoms with Gasteiger partial charge in [0.05, 0.1) is 12.0 Å². The zero-order valence-electron chi connectivity index (χ0n) is 9.05. The zero-order valence-corrected chi connectivity index (χ0v) is 9.87. The Morgan fingerprint density at radius 2 is 2.33 bits per heavy atom. The minimum atomic E-state index is 0.674. The highest BCUT2D eigenvalue weighted by Crippen LogP contribution is 1.98. The van der Waals surface area contributed by atoms with Crippen LogP contribution in [0.5, 0.6) is 0 Å². The molecule has 0 aliphatic heterocycles. The molecule has 4 N–H and O–H groups in total. The van der Waals surface area contributed by atoms with Gasteiger partial charge in [0.2, 0.25) is 0 Å². The first kappa shape index (κ1) is 11.9. The van der Waals surface area contributed by atoms with Gasteiger partial charge in [-0.25, -0.2) is 4.98 Å². The number of H-pyrrole nitrogens is 1. The molecule has 1 rings (SSSR count). The number of hydrogen-bond acceptors (Lipinski definition) is 3. The Morgan fingerprint density at radius 3 is 2.93 bits per heavy atom. The maximum atomic E-state index is 4.94. The Bertz CT molecular complexity index is 309. The minimum Gasteiger partial charge on any atom is -0.366 e. The van der Waals surface area contributed by atoms with Crippen molar-refractivity contribution >= 4 is 17.3 Å². The molecule has 5 nitrogen and oxygen atoms in total. The Labute approximate surface area is 95.1 Å². The van der Waals surface area contributed by atoms with Crippen LogP contribution in [0, 0.1) is 6.92 Å². The quantitative estimate of drug-likeness (QED) is 0.418. The van der Waals surface area contributed by atoms with Crippen LogP contribution in [0.4, 0.5) is 0 Å². The summed E-state index contributed by atoms with van der Waals surface area (Å²) in [5.41, 5.74) is 2.17. The highest BCUT2D eigenvalue weighted by atomic mass is 32.1. The number of thiocarbonyl (C=S) groups is 1. The molecule has 15 heavy (non-hydrogen) atoms. The third-order valence-corrected chi connectivity index (χ3v) is 2.39. The number of nitrogens with zero attached hydrogens (tertiary/aromatic N) is 1. The molecule has 0 unspecified atom stereocenters. The van der Waals surface area contributed by atoms with Crippen molar-refractivity contribution in [2.45, 2.75) is 13.5 Å². The number of nitrogens with one attached hydrogen (secondary N) is 4. The lowest BCUT2D eigenvalue weighted by molar-refractivity contribution is 0.660. The first-order valence-corrected chi connectivity index (χ1v) is 5.30. The van der Waals surface area contributed by atoms with E-state index >= 15 is 0 Å². The lowest BCUT2D eigenvalue weighted by Crippen LogP contribution is -2.37. The Balaban J connectivity index is 2.07. The molecule has 0 saturated carbocycles. The van der Waals surface area contributed by atoms with Crippen LogP contribution in [0.25, 0.3) is 0 Å². The topological polar surface area (TPSA) is 64.8 Å². The van der Waals surface area contributed by atoms with Gasteiger partial charge in [-0.05, 0) is 19.1 Å². The average Bonchev–Trinajstić information content (AvgIpc) is 2.63. The number of rotatable bonds is 5. The molecule has 1 heterocycles. The summed E-state index contributed by atoms with van der Waals surface area (Å²) in [6.07, 6.45) is 1.71. The van der Waals surface area contributed by atoms with Crippen molar-refractivity contribution in [3.63, 3.8) is 0 Å². The van der Waals surface area contributed by atoms with Gasteiger partial charge in [-0.15, -0.1) is 0 Å². The summed E-state index contributed by atoms with van der Waals surface area (Å²) in [6, 6.07) is 0. The molecular formula is C9H17N5S. The van der Waals surface area contributed by atoms with Crippen molar-refractivity contribution in [1.29, 1.82) is 0 Å². The SMILES string of the molecule is CNC(=S)NCCNCc1nc[nH]c1C. The van der Waals surface area contributed by atoms with Gasteiger partial charge in [-0.3, -0.25) is 0 Å². The van der Waals surface area contributed by atoms with E-state index in [2.05, 4.69) is 25.9 Å². The summed E-state index contributed by atoms with van der Waals surface area (Å²) in [5, 5.41) is 9.86. The van der Waals surface area contributed by atoms with E-state index in [1.807, 2.05) is 6.92 Å². The molecule has 6 heteroatoms. The minimum absolute atomic E-state index is 0.674. The second-order valence-electron chi connectivity index (χ2n) is 3.16. The molecule has 0 spiro atoms. The molecule has 0 saturated heterocycles. The Hall–Kier alpha value is -1.14. The molecular weight excluding hydrogens is 210 g/mol. The summed E-state index contributed by atoms with van der Waals surface area (Å²) >= 11 is 4.94. The van der Waals surface area contributed by atoms with Gasteiger partial charge in [0.15, 0.2) is 5.11 Å². The lowest BCUT2D eigenvalue weighted by atomic mass is 10.3. The predicted octanol–water partition coefficient (Wildman–Crippen LogP) is -0.0984. The highest BCUT2D eigenvalue weighted by molar-refractivity contribution is 7.80. The molecule has 0 radical (unpaired) electrons. The van der Waals surface area contributed by atoms with Crippen LogP contribution < -0.4 is 16.0 Å². The second-order valence-corrected chi connectivity index (χ2v) is 3.57. The number of aryl methyl sites for hydroxylation is 1. The van der Waals surface area contributed by atoms with Crippen LogP contribution in [-0.4, -0.2) is 35.2 Å². The lowest BCUT2D eigenvalue weighted by Gasteiger charge is -2.07. The van der Waals surface area contributed by atoms with Gasteiger partial charge in [0, 0.05) is 32.4 Å². The van der Waals surface area contributed by atoms with E-state index in [-0.39, 0.29) is 0 Å². The van der Waals surface area contributed by atoms with Crippen molar-refractivity contribution < 1.29 is 0 Å². The molecule has 0 aromatic carbocycles. The molecule has 0 atom stereocenters. The maximum absolute atomic E-state index is 4.94. The molecule has 1 aromatic heterocycles.